The summed E-state index contributed by atoms with van der Waals surface area (Å²) >= 11 is 6.11. The van der Waals surface area contributed by atoms with E-state index in [1.807, 2.05) is 0 Å². The second-order valence-electron chi connectivity index (χ2n) is 7.57. The molecule has 0 saturated carbocycles. The van der Waals surface area contributed by atoms with Crippen LogP contribution in [0.15, 0.2) is 52.1 Å². The Hall–Kier alpha value is -2.97. The maximum atomic E-state index is 13.2. The van der Waals surface area contributed by atoms with Gasteiger partial charge in [0.15, 0.2) is 0 Å². The lowest BCUT2D eigenvalue weighted by Gasteiger charge is -2.35. The van der Waals surface area contributed by atoms with Crippen LogP contribution in [0.3, 0.4) is 0 Å². The van der Waals surface area contributed by atoms with Crippen molar-refractivity contribution >= 4 is 28.4 Å². The molecule has 1 saturated heterocycles. The molecular weight excluding hydrogens is 423 g/mol. The first kappa shape index (κ1) is 21.3. The second kappa shape index (κ2) is 9.03. The van der Waals surface area contributed by atoms with E-state index in [4.69, 9.17) is 11.6 Å². The Morgan fingerprint density at radius 2 is 1.81 bits per heavy atom. The smallest absolute Gasteiger partial charge is 0.328 e. The van der Waals surface area contributed by atoms with E-state index >= 15 is 0 Å². The summed E-state index contributed by atoms with van der Waals surface area (Å²) in [5.41, 5.74) is 0.426. The number of H-pyrrole nitrogens is 1. The Morgan fingerprint density at radius 3 is 2.55 bits per heavy atom. The number of hydrogen-bond acceptors (Lipinski definition) is 4. The number of piperazine rings is 1. The van der Waals surface area contributed by atoms with E-state index < -0.39 is 11.2 Å². The van der Waals surface area contributed by atoms with Crippen molar-refractivity contribution in [1.82, 2.24) is 19.4 Å². The van der Waals surface area contributed by atoms with Crippen LogP contribution in [0.1, 0.15) is 12.0 Å². The summed E-state index contributed by atoms with van der Waals surface area (Å²) in [5, 5.41) is 0.819. The average Bonchev–Trinajstić information content (AvgIpc) is 2.76. The lowest BCUT2D eigenvalue weighted by molar-refractivity contribution is -0.133. The number of halogens is 2. The van der Waals surface area contributed by atoms with Crippen LogP contribution in [0.4, 0.5) is 4.39 Å². The van der Waals surface area contributed by atoms with Gasteiger partial charge < -0.3 is 4.90 Å². The Kier molecular flexibility index (Phi) is 6.20. The van der Waals surface area contributed by atoms with E-state index in [9.17, 15) is 18.8 Å². The van der Waals surface area contributed by atoms with Gasteiger partial charge in [0.1, 0.15) is 5.82 Å². The number of aromatic nitrogens is 2. The molecule has 0 atom stereocenters. The van der Waals surface area contributed by atoms with Gasteiger partial charge in [0, 0.05) is 50.7 Å². The summed E-state index contributed by atoms with van der Waals surface area (Å²) in [6.45, 7) is 3.29. The van der Waals surface area contributed by atoms with Crippen LogP contribution in [0.2, 0.25) is 5.02 Å². The van der Waals surface area contributed by atoms with E-state index in [-0.39, 0.29) is 24.7 Å². The third-order valence-corrected chi connectivity index (χ3v) is 5.94. The van der Waals surface area contributed by atoms with Crippen molar-refractivity contribution < 1.29 is 9.18 Å². The van der Waals surface area contributed by atoms with Gasteiger partial charge in [-0.05, 0) is 29.8 Å². The molecule has 2 aromatic carbocycles. The van der Waals surface area contributed by atoms with Gasteiger partial charge in [-0.3, -0.25) is 24.0 Å². The fraction of sp³-hybridized carbons (Fsp3) is 0.318. The monoisotopic (exact) mass is 444 g/mol. The van der Waals surface area contributed by atoms with E-state index in [1.54, 1.807) is 35.2 Å². The molecule has 4 rings (SSSR count). The van der Waals surface area contributed by atoms with Gasteiger partial charge in [0.25, 0.3) is 5.56 Å². The van der Waals surface area contributed by atoms with Crippen LogP contribution in [0, 0.1) is 5.82 Å². The fourth-order valence-electron chi connectivity index (χ4n) is 3.88. The molecular formula is C22H22ClFN4O3. The molecule has 9 heteroatoms. The lowest BCUT2D eigenvalue weighted by atomic mass is 10.2. The van der Waals surface area contributed by atoms with Crippen molar-refractivity contribution in [2.75, 3.05) is 26.2 Å². The van der Waals surface area contributed by atoms with Gasteiger partial charge in [-0.15, -0.1) is 0 Å². The Morgan fingerprint density at radius 1 is 1.06 bits per heavy atom. The molecule has 1 fully saturated rings. The molecule has 0 radical (unpaired) electrons. The van der Waals surface area contributed by atoms with Crippen LogP contribution in [0.5, 0.6) is 0 Å². The fourth-order valence-corrected chi connectivity index (χ4v) is 4.10. The van der Waals surface area contributed by atoms with E-state index in [0.29, 0.717) is 48.6 Å². The first-order valence-corrected chi connectivity index (χ1v) is 10.5. The number of carbonyl (C=O) groups is 1. The third-order valence-electron chi connectivity index (χ3n) is 5.59. The minimum atomic E-state index is -0.516. The minimum Gasteiger partial charge on any atom is -0.340 e. The molecule has 1 aromatic heterocycles. The predicted molar refractivity (Wildman–Crippen MR) is 117 cm³/mol. The second-order valence-corrected chi connectivity index (χ2v) is 7.98. The Bertz CT molecular complexity index is 1230. The molecule has 3 aromatic rings. The van der Waals surface area contributed by atoms with Crippen molar-refractivity contribution in [3.63, 3.8) is 0 Å². The zero-order valence-corrected chi connectivity index (χ0v) is 17.6. The van der Waals surface area contributed by atoms with E-state index in [0.717, 1.165) is 5.56 Å². The first-order valence-electron chi connectivity index (χ1n) is 10.1. The number of rotatable bonds is 5. The molecule has 1 aliphatic rings. The van der Waals surface area contributed by atoms with Gasteiger partial charge in [0.2, 0.25) is 5.91 Å². The quantitative estimate of drug-likeness (QED) is 0.654. The molecule has 1 N–H and O–H groups in total. The predicted octanol–water partition coefficient (Wildman–Crippen LogP) is 2.22. The Balaban J connectivity index is 1.35. The van der Waals surface area contributed by atoms with Crippen LogP contribution in [-0.4, -0.2) is 51.4 Å². The van der Waals surface area contributed by atoms with Crippen LogP contribution < -0.4 is 11.2 Å². The summed E-state index contributed by atoms with van der Waals surface area (Å²) in [7, 11) is 0. The number of hydrogen-bond donors (Lipinski definition) is 1. The summed E-state index contributed by atoms with van der Waals surface area (Å²) in [6, 6.07) is 11.2. The molecule has 7 nitrogen and oxygen atoms in total. The molecule has 1 amide bonds. The number of aromatic amines is 1. The molecule has 0 aliphatic carbocycles. The van der Waals surface area contributed by atoms with Gasteiger partial charge in [-0.25, -0.2) is 9.18 Å². The first-order chi connectivity index (χ1) is 14.9. The lowest BCUT2D eigenvalue weighted by Crippen LogP contribution is -2.48. The highest BCUT2D eigenvalue weighted by Gasteiger charge is 2.22. The van der Waals surface area contributed by atoms with Crippen molar-refractivity contribution in [2.24, 2.45) is 0 Å². The van der Waals surface area contributed by atoms with Crippen molar-refractivity contribution in [2.45, 2.75) is 19.5 Å². The van der Waals surface area contributed by atoms with Gasteiger partial charge in [0.05, 0.1) is 10.9 Å². The SMILES string of the molecule is O=C(CCn1c(=O)[nH]c(=O)c2ccccc21)N1CCN(Cc2ccc(F)cc2Cl)CC1. The number of amides is 1. The third kappa shape index (κ3) is 4.70. The highest BCUT2D eigenvalue weighted by molar-refractivity contribution is 6.31. The topological polar surface area (TPSA) is 78.4 Å². The molecule has 162 valence electrons. The van der Waals surface area contributed by atoms with Crippen molar-refractivity contribution in [3.05, 3.63) is 79.7 Å². The maximum Gasteiger partial charge on any atom is 0.328 e. The minimum absolute atomic E-state index is 0.0401. The summed E-state index contributed by atoms with van der Waals surface area (Å²) in [6.07, 6.45) is 0.166. The zero-order valence-electron chi connectivity index (χ0n) is 16.8. The molecule has 2 heterocycles. The average molecular weight is 445 g/mol. The number of fused-ring (bicyclic) bond motifs is 1. The molecule has 0 unspecified atom stereocenters. The van der Waals surface area contributed by atoms with Gasteiger partial charge in [-0.2, -0.15) is 0 Å². The number of nitrogens with zero attached hydrogens (tertiary/aromatic N) is 3. The molecule has 1 aliphatic heterocycles. The van der Waals surface area contributed by atoms with Crippen LogP contribution in [0.25, 0.3) is 10.9 Å². The largest absolute Gasteiger partial charge is 0.340 e. The highest BCUT2D eigenvalue weighted by atomic mass is 35.5. The maximum absolute atomic E-state index is 13.2. The van der Waals surface area contributed by atoms with Crippen LogP contribution >= 0.6 is 11.6 Å². The molecule has 0 bridgehead atoms. The standard InChI is InChI=1S/C22H22ClFN4O3/c23-18-13-16(24)6-5-15(18)14-26-9-11-27(12-10-26)20(29)7-8-28-19-4-2-1-3-17(19)21(30)25-22(28)31/h1-6,13H,7-12,14H2,(H,25,30,31). The van der Waals surface area contributed by atoms with Gasteiger partial charge >= 0.3 is 5.69 Å². The zero-order chi connectivity index (χ0) is 22.0. The normalized spacial score (nSPS) is 14.8. The summed E-state index contributed by atoms with van der Waals surface area (Å²) in [5.74, 6) is -0.403. The van der Waals surface area contributed by atoms with Gasteiger partial charge in [-0.1, -0.05) is 29.8 Å². The number of nitrogens with one attached hydrogen (secondary N) is 1. The number of para-hydroxylation sites is 1. The summed E-state index contributed by atoms with van der Waals surface area (Å²) < 4.78 is 14.6. The van der Waals surface area contributed by atoms with E-state index in [2.05, 4.69) is 9.88 Å². The molecule has 31 heavy (non-hydrogen) atoms. The van der Waals surface area contributed by atoms with E-state index in [1.165, 1.54) is 16.7 Å². The highest BCUT2D eigenvalue weighted by Crippen LogP contribution is 2.20. The molecule has 0 spiro atoms. The summed E-state index contributed by atoms with van der Waals surface area (Å²) in [4.78, 5) is 43.2. The van der Waals surface area contributed by atoms with Crippen molar-refractivity contribution in [3.8, 4) is 0 Å². The number of benzene rings is 2. The number of aryl methyl sites for hydroxylation is 1. The van der Waals surface area contributed by atoms with Crippen LogP contribution in [-0.2, 0) is 17.9 Å². The van der Waals surface area contributed by atoms with Crippen molar-refractivity contribution in [1.29, 1.82) is 0 Å². The number of carbonyl (C=O) groups excluding carboxylic acids is 1. The Labute approximate surface area is 182 Å².